The van der Waals surface area contributed by atoms with Crippen molar-refractivity contribution in [2.24, 2.45) is 0 Å². The van der Waals surface area contributed by atoms with Crippen LogP contribution in [0.2, 0.25) is 0 Å². The number of carbonyl (C=O) groups excluding carboxylic acids is 1. The number of hydrogen-bond acceptors (Lipinski definition) is 6. The van der Waals surface area contributed by atoms with Gasteiger partial charge in [-0.05, 0) is 17.7 Å². The molecule has 126 valence electrons. The normalized spacial score (nSPS) is 12.0. The Hall–Kier alpha value is -3.55. The van der Waals surface area contributed by atoms with Gasteiger partial charge in [0.25, 0.3) is 0 Å². The standard InChI is InChI=1S/C17H14N4O4/c22-16(18-12-6-7-13-14(9-12)24-10-23-13)19-17-21-20-15(25-17)8-11-4-2-1-3-5-11/h1-7,9H,8,10H2,(H2,18,19,21,22). The van der Waals surface area contributed by atoms with Crippen molar-refractivity contribution in [3.05, 3.63) is 60.0 Å². The molecule has 0 saturated heterocycles. The quantitative estimate of drug-likeness (QED) is 0.759. The second kappa shape index (κ2) is 6.52. The third-order valence-electron chi connectivity index (χ3n) is 3.52. The van der Waals surface area contributed by atoms with E-state index in [1.807, 2.05) is 30.3 Å². The number of benzene rings is 2. The molecule has 0 aliphatic carbocycles. The summed E-state index contributed by atoms with van der Waals surface area (Å²) in [5, 5.41) is 12.9. The highest BCUT2D eigenvalue weighted by atomic mass is 16.7. The molecule has 1 aliphatic rings. The molecule has 2 aromatic carbocycles. The van der Waals surface area contributed by atoms with E-state index >= 15 is 0 Å². The number of hydrogen-bond donors (Lipinski definition) is 2. The monoisotopic (exact) mass is 338 g/mol. The summed E-state index contributed by atoms with van der Waals surface area (Å²) in [6.07, 6.45) is 0.499. The van der Waals surface area contributed by atoms with Gasteiger partial charge in [0.1, 0.15) is 0 Å². The molecule has 25 heavy (non-hydrogen) atoms. The lowest BCUT2D eigenvalue weighted by Gasteiger charge is -2.05. The maximum absolute atomic E-state index is 12.0. The largest absolute Gasteiger partial charge is 0.454 e. The number of aromatic nitrogens is 2. The first-order chi connectivity index (χ1) is 12.3. The summed E-state index contributed by atoms with van der Waals surface area (Å²) in [6.45, 7) is 0.178. The minimum atomic E-state index is -0.492. The molecule has 1 aromatic heterocycles. The van der Waals surface area contributed by atoms with E-state index < -0.39 is 6.03 Å². The molecule has 0 spiro atoms. The van der Waals surface area contributed by atoms with Crippen molar-refractivity contribution in [3.8, 4) is 11.5 Å². The van der Waals surface area contributed by atoms with Gasteiger partial charge < -0.3 is 19.2 Å². The molecule has 0 bridgehead atoms. The summed E-state index contributed by atoms with van der Waals surface area (Å²) < 4.78 is 15.9. The van der Waals surface area contributed by atoms with Gasteiger partial charge >= 0.3 is 12.0 Å². The molecule has 2 N–H and O–H groups in total. The van der Waals surface area contributed by atoms with Crippen LogP contribution in [0.1, 0.15) is 11.5 Å². The van der Waals surface area contributed by atoms with Gasteiger partial charge in [-0.3, -0.25) is 5.32 Å². The maximum Gasteiger partial charge on any atom is 0.327 e. The summed E-state index contributed by atoms with van der Waals surface area (Å²) in [4.78, 5) is 12.0. The van der Waals surface area contributed by atoms with Crippen molar-refractivity contribution < 1.29 is 18.7 Å². The molecular weight excluding hydrogens is 324 g/mol. The van der Waals surface area contributed by atoms with Crippen LogP contribution >= 0.6 is 0 Å². The number of nitrogens with zero attached hydrogens (tertiary/aromatic N) is 2. The van der Waals surface area contributed by atoms with Crippen molar-refractivity contribution in [3.63, 3.8) is 0 Å². The van der Waals surface area contributed by atoms with E-state index in [2.05, 4.69) is 20.8 Å². The molecule has 4 rings (SSSR count). The SMILES string of the molecule is O=C(Nc1ccc2c(c1)OCO2)Nc1nnc(Cc2ccccc2)o1. The van der Waals surface area contributed by atoms with Gasteiger partial charge in [-0.1, -0.05) is 35.4 Å². The van der Waals surface area contributed by atoms with Crippen LogP contribution in [0.15, 0.2) is 52.9 Å². The molecular formula is C17H14N4O4. The smallest absolute Gasteiger partial charge is 0.327 e. The Morgan fingerprint density at radius 3 is 2.72 bits per heavy atom. The fourth-order valence-corrected chi connectivity index (χ4v) is 2.38. The minimum Gasteiger partial charge on any atom is -0.454 e. The molecule has 0 fully saturated rings. The second-order valence-corrected chi connectivity index (χ2v) is 5.31. The molecule has 2 amide bonds. The van der Waals surface area contributed by atoms with E-state index in [1.54, 1.807) is 18.2 Å². The van der Waals surface area contributed by atoms with Crippen LogP contribution in [-0.2, 0) is 6.42 Å². The molecule has 0 unspecified atom stereocenters. The number of ether oxygens (including phenoxy) is 2. The molecule has 8 nitrogen and oxygen atoms in total. The zero-order valence-corrected chi connectivity index (χ0v) is 13.1. The molecule has 8 heteroatoms. The van der Waals surface area contributed by atoms with Crippen molar-refractivity contribution in [1.29, 1.82) is 0 Å². The van der Waals surface area contributed by atoms with Crippen molar-refractivity contribution in [1.82, 2.24) is 10.2 Å². The van der Waals surface area contributed by atoms with Crippen LogP contribution in [0.25, 0.3) is 0 Å². The summed E-state index contributed by atoms with van der Waals surface area (Å²) in [5.74, 6) is 1.65. The number of urea groups is 1. The highest BCUT2D eigenvalue weighted by Crippen LogP contribution is 2.34. The first-order valence-corrected chi connectivity index (χ1v) is 7.60. The zero-order valence-electron chi connectivity index (χ0n) is 13.1. The predicted molar refractivity (Wildman–Crippen MR) is 88.8 cm³/mol. The van der Waals surface area contributed by atoms with Crippen LogP contribution in [0.5, 0.6) is 11.5 Å². The summed E-state index contributed by atoms with van der Waals surface area (Å²) in [7, 11) is 0. The van der Waals surface area contributed by atoms with E-state index in [0.29, 0.717) is 29.5 Å². The van der Waals surface area contributed by atoms with Crippen LogP contribution in [-0.4, -0.2) is 23.0 Å². The van der Waals surface area contributed by atoms with Gasteiger partial charge in [0.05, 0.1) is 6.42 Å². The topological polar surface area (TPSA) is 98.5 Å². The lowest BCUT2D eigenvalue weighted by Crippen LogP contribution is -2.19. The average molecular weight is 338 g/mol. The maximum atomic E-state index is 12.0. The number of carbonyl (C=O) groups is 1. The predicted octanol–water partition coefficient (Wildman–Crippen LogP) is 3.03. The average Bonchev–Trinajstić information content (AvgIpc) is 3.24. The Morgan fingerprint density at radius 1 is 1.00 bits per heavy atom. The molecule has 3 aromatic rings. The third kappa shape index (κ3) is 3.52. The summed E-state index contributed by atoms with van der Waals surface area (Å²) in [5.41, 5.74) is 1.60. The Morgan fingerprint density at radius 2 is 1.84 bits per heavy atom. The molecule has 0 saturated carbocycles. The Labute approximate surface area is 142 Å². The van der Waals surface area contributed by atoms with Gasteiger partial charge in [-0.15, -0.1) is 5.10 Å². The molecule has 1 aliphatic heterocycles. The zero-order chi connectivity index (χ0) is 17.1. The number of amides is 2. The van der Waals surface area contributed by atoms with Gasteiger partial charge in [0, 0.05) is 11.8 Å². The molecule has 2 heterocycles. The van der Waals surface area contributed by atoms with Crippen LogP contribution in [0.4, 0.5) is 16.5 Å². The summed E-state index contributed by atoms with van der Waals surface area (Å²) >= 11 is 0. The Kier molecular flexibility index (Phi) is 3.91. The van der Waals surface area contributed by atoms with E-state index in [-0.39, 0.29) is 12.8 Å². The molecule has 0 atom stereocenters. The van der Waals surface area contributed by atoms with Crippen LogP contribution in [0, 0.1) is 0 Å². The van der Waals surface area contributed by atoms with E-state index in [1.165, 1.54) is 0 Å². The first kappa shape index (κ1) is 15.0. The fraction of sp³-hybridized carbons (Fsp3) is 0.118. The van der Waals surface area contributed by atoms with E-state index in [9.17, 15) is 4.79 Å². The fourth-order valence-electron chi connectivity index (χ4n) is 2.38. The first-order valence-electron chi connectivity index (χ1n) is 7.60. The van der Waals surface area contributed by atoms with Gasteiger partial charge in [0.2, 0.25) is 12.7 Å². The Balaban J connectivity index is 1.36. The van der Waals surface area contributed by atoms with Crippen LogP contribution in [0.3, 0.4) is 0 Å². The highest BCUT2D eigenvalue weighted by Gasteiger charge is 2.15. The molecule has 0 radical (unpaired) electrons. The van der Waals surface area contributed by atoms with Crippen molar-refractivity contribution >= 4 is 17.7 Å². The van der Waals surface area contributed by atoms with E-state index in [0.717, 1.165) is 5.56 Å². The van der Waals surface area contributed by atoms with E-state index in [4.69, 9.17) is 13.9 Å². The van der Waals surface area contributed by atoms with Gasteiger partial charge in [0.15, 0.2) is 11.5 Å². The van der Waals surface area contributed by atoms with Gasteiger partial charge in [-0.25, -0.2) is 4.79 Å². The van der Waals surface area contributed by atoms with Crippen LogP contribution < -0.4 is 20.1 Å². The number of nitrogens with one attached hydrogen (secondary N) is 2. The minimum absolute atomic E-state index is 0.0316. The highest BCUT2D eigenvalue weighted by molar-refractivity contribution is 5.98. The number of anilines is 2. The number of rotatable bonds is 4. The lowest BCUT2D eigenvalue weighted by atomic mass is 10.2. The number of fused-ring (bicyclic) bond motifs is 1. The second-order valence-electron chi connectivity index (χ2n) is 5.31. The Bertz CT molecular complexity index is 895. The third-order valence-corrected chi connectivity index (χ3v) is 3.52. The van der Waals surface area contributed by atoms with Gasteiger partial charge in [-0.2, -0.15) is 0 Å². The van der Waals surface area contributed by atoms with Crippen molar-refractivity contribution in [2.75, 3.05) is 17.4 Å². The summed E-state index contributed by atoms with van der Waals surface area (Å²) in [6, 6.07) is 14.4. The van der Waals surface area contributed by atoms with Crippen molar-refractivity contribution in [2.45, 2.75) is 6.42 Å². The lowest BCUT2D eigenvalue weighted by molar-refractivity contribution is 0.174.